The summed E-state index contributed by atoms with van der Waals surface area (Å²) < 4.78 is 16.9. The molecular formula is C29H41N3O9. The number of fused-ring (bicyclic) bond motifs is 1. The molecule has 1 aromatic carbocycles. The molecule has 0 bridgehead atoms. The Morgan fingerprint density at radius 2 is 1.80 bits per heavy atom. The maximum atomic E-state index is 14.1. The number of carboxylic acids is 1. The third-order valence-electron chi connectivity index (χ3n) is 7.39. The Morgan fingerprint density at radius 3 is 2.39 bits per heavy atom. The molecule has 1 saturated heterocycles. The van der Waals surface area contributed by atoms with Crippen molar-refractivity contribution in [1.82, 2.24) is 4.90 Å². The molecule has 41 heavy (non-hydrogen) atoms. The lowest BCUT2D eigenvalue weighted by Gasteiger charge is -2.41. The zero-order valence-corrected chi connectivity index (χ0v) is 24.6. The van der Waals surface area contributed by atoms with Gasteiger partial charge in [-0.05, 0) is 72.6 Å². The molecule has 2 fully saturated rings. The van der Waals surface area contributed by atoms with E-state index in [4.69, 9.17) is 14.2 Å². The predicted molar refractivity (Wildman–Crippen MR) is 149 cm³/mol. The van der Waals surface area contributed by atoms with Crippen LogP contribution in [0, 0.1) is 11.8 Å². The van der Waals surface area contributed by atoms with Gasteiger partial charge in [0.15, 0.2) is 5.60 Å². The fraction of sp³-hybridized carbons (Fsp3) is 0.655. The van der Waals surface area contributed by atoms with E-state index in [0.717, 1.165) is 12.8 Å². The van der Waals surface area contributed by atoms with Gasteiger partial charge in [0.25, 0.3) is 5.91 Å². The lowest BCUT2D eigenvalue weighted by Crippen LogP contribution is -2.59. The van der Waals surface area contributed by atoms with Crippen molar-refractivity contribution < 1.29 is 43.6 Å². The third kappa shape index (κ3) is 6.59. The molecular weight excluding hydrogens is 534 g/mol. The van der Waals surface area contributed by atoms with E-state index in [2.05, 4.69) is 0 Å². The second-order valence-electron chi connectivity index (χ2n) is 12.3. The van der Waals surface area contributed by atoms with E-state index in [1.54, 1.807) is 62.6 Å². The van der Waals surface area contributed by atoms with Gasteiger partial charge in [0, 0.05) is 38.0 Å². The van der Waals surface area contributed by atoms with Gasteiger partial charge in [0.05, 0.1) is 24.3 Å². The number of nitrogens with zero attached hydrogens (tertiary/aromatic N) is 3. The molecule has 0 spiro atoms. The van der Waals surface area contributed by atoms with Gasteiger partial charge in [-0.2, -0.15) is 0 Å². The number of benzene rings is 1. The van der Waals surface area contributed by atoms with E-state index in [9.17, 15) is 29.4 Å². The van der Waals surface area contributed by atoms with Crippen LogP contribution in [-0.4, -0.2) is 95.2 Å². The van der Waals surface area contributed by atoms with Crippen LogP contribution in [0.5, 0.6) is 5.75 Å². The van der Waals surface area contributed by atoms with Crippen molar-refractivity contribution in [2.45, 2.75) is 77.7 Å². The first-order valence-electron chi connectivity index (χ1n) is 14.1. The highest BCUT2D eigenvalue weighted by Gasteiger charge is 2.49. The molecule has 2 aliphatic heterocycles. The molecule has 0 radical (unpaired) electrons. The van der Waals surface area contributed by atoms with Crippen molar-refractivity contribution in [1.29, 1.82) is 0 Å². The van der Waals surface area contributed by atoms with E-state index in [0.29, 0.717) is 36.9 Å². The molecule has 12 heteroatoms. The number of aliphatic hydroxyl groups excluding tert-OH is 1. The Bertz CT molecular complexity index is 1190. The number of carboxylic acid groups (broad SMARTS) is 1. The van der Waals surface area contributed by atoms with Crippen LogP contribution in [0.1, 0.15) is 54.4 Å². The molecule has 0 unspecified atom stereocenters. The SMILES string of the molecule is CCOCCN1C(=O)C(C)(C)Oc2ccc(N(C(=O)[C@H]3CN(C(=O)OC(C)(C)C)C[C@@H](C(=O)O)[C@H]3O)C3CC3)cc21. The highest BCUT2D eigenvalue weighted by Crippen LogP contribution is 2.43. The van der Waals surface area contributed by atoms with Crippen LogP contribution in [0.15, 0.2) is 18.2 Å². The molecule has 1 aromatic rings. The summed E-state index contributed by atoms with van der Waals surface area (Å²) in [6.07, 6.45) is -0.810. The summed E-state index contributed by atoms with van der Waals surface area (Å²) in [5.74, 6) is -4.12. The number of likely N-dealkylation sites (tertiary alicyclic amines) is 1. The summed E-state index contributed by atoms with van der Waals surface area (Å²) in [5.41, 5.74) is -0.928. The second-order valence-corrected chi connectivity index (χ2v) is 12.3. The number of carbonyl (C=O) groups is 4. The molecule has 3 atom stereocenters. The molecule has 2 N–H and O–H groups in total. The number of aliphatic hydroxyl groups is 1. The van der Waals surface area contributed by atoms with Gasteiger partial charge < -0.3 is 39.1 Å². The summed E-state index contributed by atoms with van der Waals surface area (Å²) in [6.45, 7) is 11.0. The van der Waals surface area contributed by atoms with Crippen molar-refractivity contribution in [2.75, 3.05) is 42.6 Å². The standard InChI is InChI=1S/C29H41N3O9/c1-7-39-13-12-31-21-14-18(10-11-22(21)40-29(5,6)26(31)37)32(17-8-9-17)24(34)19-15-30(27(38)41-28(2,3)4)16-20(23(19)33)25(35)36/h10-11,14,17,19-20,23,33H,7-9,12-13,15-16H2,1-6H3,(H,35,36)/t19-,20+,23-/m0/s1. The Morgan fingerprint density at radius 1 is 1.15 bits per heavy atom. The molecule has 4 rings (SSSR count). The summed E-state index contributed by atoms with van der Waals surface area (Å²) in [7, 11) is 0. The Kier molecular flexibility index (Phi) is 8.56. The van der Waals surface area contributed by atoms with Crippen molar-refractivity contribution in [3.05, 3.63) is 18.2 Å². The van der Waals surface area contributed by atoms with Gasteiger partial charge in [0.1, 0.15) is 17.3 Å². The quantitative estimate of drug-likeness (QED) is 0.447. The van der Waals surface area contributed by atoms with Crippen LogP contribution >= 0.6 is 0 Å². The zero-order chi connectivity index (χ0) is 30.3. The van der Waals surface area contributed by atoms with Crippen LogP contribution in [0.25, 0.3) is 0 Å². The van der Waals surface area contributed by atoms with E-state index in [1.165, 1.54) is 4.90 Å². The summed E-state index contributed by atoms with van der Waals surface area (Å²) in [6, 6.07) is 4.97. The second kappa shape index (κ2) is 11.5. The van der Waals surface area contributed by atoms with Crippen LogP contribution in [-0.2, 0) is 23.9 Å². The third-order valence-corrected chi connectivity index (χ3v) is 7.39. The number of rotatable bonds is 8. The molecule has 2 heterocycles. The van der Waals surface area contributed by atoms with E-state index in [1.807, 2.05) is 6.92 Å². The van der Waals surface area contributed by atoms with E-state index in [-0.39, 0.29) is 25.0 Å². The Balaban J connectivity index is 1.67. The number of ether oxygens (including phenoxy) is 3. The van der Waals surface area contributed by atoms with Crippen molar-refractivity contribution in [3.63, 3.8) is 0 Å². The lowest BCUT2D eigenvalue weighted by molar-refractivity contribution is -0.153. The van der Waals surface area contributed by atoms with Crippen molar-refractivity contribution in [3.8, 4) is 5.75 Å². The van der Waals surface area contributed by atoms with Gasteiger partial charge in [-0.25, -0.2) is 4.79 Å². The average molecular weight is 576 g/mol. The van der Waals surface area contributed by atoms with Crippen LogP contribution in [0.4, 0.5) is 16.2 Å². The van der Waals surface area contributed by atoms with Crippen LogP contribution in [0.3, 0.4) is 0 Å². The van der Waals surface area contributed by atoms with Crippen molar-refractivity contribution in [2.24, 2.45) is 11.8 Å². The molecule has 226 valence electrons. The molecule has 3 amide bonds. The number of aliphatic carboxylic acids is 1. The predicted octanol–water partition coefficient (Wildman–Crippen LogP) is 2.65. The van der Waals surface area contributed by atoms with Gasteiger partial charge in [-0.15, -0.1) is 0 Å². The summed E-state index contributed by atoms with van der Waals surface area (Å²) in [4.78, 5) is 56.6. The van der Waals surface area contributed by atoms with Gasteiger partial charge >= 0.3 is 12.1 Å². The minimum atomic E-state index is -1.51. The fourth-order valence-corrected chi connectivity index (χ4v) is 5.23. The van der Waals surface area contributed by atoms with Crippen LogP contribution in [0.2, 0.25) is 0 Å². The fourth-order valence-electron chi connectivity index (χ4n) is 5.23. The number of piperidine rings is 1. The molecule has 3 aliphatic rings. The van der Waals surface area contributed by atoms with E-state index < -0.39 is 47.1 Å². The molecule has 1 aliphatic carbocycles. The number of hydrogen-bond acceptors (Lipinski definition) is 8. The first kappa shape index (κ1) is 30.6. The van der Waals surface area contributed by atoms with Gasteiger partial charge in [0.2, 0.25) is 5.91 Å². The number of amides is 3. The smallest absolute Gasteiger partial charge is 0.410 e. The Hall–Kier alpha value is -3.38. The number of hydrogen-bond donors (Lipinski definition) is 2. The van der Waals surface area contributed by atoms with Gasteiger partial charge in [-0.1, -0.05) is 0 Å². The molecule has 1 saturated carbocycles. The maximum Gasteiger partial charge on any atom is 0.410 e. The van der Waals surface area contributed by atoms with Gasteiger partial charge in [-0.3, -0.25) is 14.4 Å². The van der Waals surface area contributed by atoms with E-state index >= 15 is 0 Å². The summed E-state index contributed by atoms with van der Waals surface area (Å²) >= 11 is 0. The highest BCUT2D eigenvalue weighted by molar-refractivity contribution is 6.04. The first-order chi connectivity index (χ1) is 19.1. The lowest BCUT2D eigenvalue weighted by atomic mass is 9.85. The zero-order valence-electron chi connectivity index (χ0n) is 24.6. The minimum absolute atomic E-state index is 0.165. The normalized spacial score (nSPS) is 23.9. The number of anilines is 2. The maximum absolute atomic E-state index is 14.1. The highest BCUT2D eigenvalue weighted by atomic mass is 16.6. The molecule has 12 nitrogen and oxygen atoms in total. The van der Waals surface area contributed by atoms with Crippen molar-refractivity contribution >= 4 is 35.3 Å². The summed E-state index contributed by atoms with van der Waals surface area (Å²) in [5, 5.41) is 20.9. The monoisotopic (exact) mass is 575 g/mol. The Labute approximate surface area is 240 Å². The first-order valence-corrected chi connectivity index (χ1v) is 14.1. The molecule has 0 aromatic heterocycles. The largest absolute Gasteiger partial charge is 0.481 e. The minimum Gasteiger partial charge on any atom is -0.481 e. The topological polar surface area (TPSA) is 146 Å². The van der Waals surface area contributed by atoms with Crippen LogP contribution < -0.4 is 14.5 Å². The number of carbonyl (C=O) groups excluding carboxylic acids is 3. The average Bonchev–Trinajstić information content (AvgIpc) is 3.70.